The monoisotopic (exact) mass is 480 g/mol. The smallest absolute Gasteiger partial charge is 0.326 e. The van der Waals surface area contributed by atoms with Gasteiger partial charge in [0.05, 0.1) is 12.4 Å². The highest BCUT2D eigenvalue weighted by atomic mass is 16.4. The molecule has 192 valence electrons. The molecule has 34 heavy (non-hydrogen) atoms. The number of rotatable bonds is 14. The molecule has 0 aliphatic heterocycles. The van der Waals surface area contributed by atoms with Crippen LogP contribution in [0.25, 0.3) is 0 Å². The lowest BCUT2D eigenvalue weighted by Gasteiger charge is -2.28. The van der Waals surface area contributed by atoms with E-state index in [0.29, 0.717) is 12.1 Å². The molecule has 11 heteroatoms. The van der Waals surface area contributed by atoms with Crippen molar-refractivity contribution in [3.8, 4) is 0 Å². The zero-order valence-electron chi connectivity index (χ0n) is 20.9. The molecule has 1 heterocycles. The molecule has 7 N–H and O–H groups in total. The molecule has 0 aliphatic rings. The summed E-state index contributed by atoms with van der Waals surface area (Å²) in [5.41, 5.74) is 6.52. The molecule has 0 bridgehead atoms. The third-order valence-corrected chi connectivity index (χ3v) is 5.75. The Morgan fingerprint density at radius 1 is 1.00 bits per heavy atom. The largest absolute Gasteiger partial charge is 0.480 e. The number of carboxylic acid groups (broad SMARTS) is 1. The summed E-state index contributed by atoms with van der Waals surface area (Å²) in [7, 11) is 0. The molecule has 0 aliphatic carbocycles. The molecule has 0 fully saturated rings. The second kappa shape index (κ2) is 13.7. The molecular weight excluding hydrogens is 440 g/mol. The zero-order chi connectivity index (χ0) is 26.0. The highest BCUT2D eigenvalue weighted by Crippen LogP contribution is 2.11. The van der Waals surface area contributed by atoms with Gasteiger partial charge in [-0.2, -0.15) is 0 Å². The Balaban J connectivity index is 3.10. The SMILES string of the molecule is CCC(C)C(NC(=O)C(N)C(C)C)C(=O)NC(Cc1cnc[nH]1)C(=O)NC(CC(C)C)C(=O)O. The van der Waals surface area contributed by atoms with E-state index in [9.17, 15) is 24.3 Å². The predicted molar refractivity (Wildman–Crippen MR) is 127 cm³/mol. The van der Waals surface area contributed by atoms with Crippen LogP contribution < -0.4 is 21.7 Å². The lowest BCUT2D eigenvalue weighted by atomic mass is 9.96. The Morgan fingerprint density at radius 2 is 1.62 bits per heavy atom. The van der Waals surface area contributed by atoms with Gasteiger partial charge >= 0.3 is 5.97 Å². The van der Waals surface area contributed by atoms with Crippen molar-refractivity contribution in [2.45, 2.75) is 85.0 Å². The van der Waals surface area contributed by atoms with Crippen LogP contribution in [0.3, 0.4) is 0 Å². The fourth-order valence-electron chi connectivity index (χ4n) is 3.31. The lowest BCUT2D eigenvalue weighted by Crippen LogP contribution is -2.59. The molecular formula is C23H40N6O5. The lowest BCUT2D eigenvalue weighted by molar-refractivity contribution is -0.142. The molecule has 11 nitrogen and oxygen atoms in total. The standard InChI is InChI=1S/C23H40N6O5/c1-7-14(6)19(29-21(31)18(24)13(4)5)22(32)27-16(9-15-10-25-11-26-15)20(30)28-17(23(33)34)8-12(2)3/h10-14,16-19H,7-9,24H2,1-6H3,(H,25,26)(H,27,32)(H,28,30)(H,29,31)(H,33,34). The number of hydrogen-bond acceptors (Lipinski definition) is 6. The number of hydrogen-bond donors (Lipinski definition) is 6. The van der Waals surface area contributed by atoms with Crippen molar-refractivity contribution >= 4 is 23.7 Å². The number of nitrogens with one attached hydrogen (secondary N) is 4. The molecule has 3 amide bonds. The van der Waals surface area contributed by atoms with Crippen LogP contribution in [0, 0.1) is 17.8 Å². The Labute approximate surface area is 201 Å². The molecule has 5 atom stereocenters. The molecule has 1 rings (SSSR count). The van der Waals surface area contributed by atoms with Crippen LogP contribution >= 0.6 is 0 Å². The number of carbonyl (C=O) groups is 4. The average Bonchev–Trinajstić information content (AvgIpc) is 3.27. The van der Waals surface area contributed by atoms with Crippen molar-refractivity contribution in [3.63, 3.8) is 0 Å². The Hall–Kier alpha value is -2.95. The van der Waals surface area contributed by atoms with Crippen molar-refractivity contribution in [2.24, 2.45) is 23.5 Å². The first kappa shape index (κ1) is 29.1. The van der Waals surface area contributed by atoms with Crippen LogP contribution in [-0.2, 0) is 25.6 Å². The highest BCUT2D eigenvalue weighted by Gasteiger charge is 2.33. The van der Waals surface area contributed by atoms with Gasteiger partial charge in [-0.3, -0.25) is 14.4 Å². The van der Waals surface area contributed by atoms with Gasteiger partial charge in [-0.1, -0.05) is 48.0 Å². The molecule has 1 aromatic rings. The zero-order valence-corrected chi connectivity index (χ0v) is 20.9. The molecule has 0 aromatic carbocycles. The number of carboxylic acids is 1. The van der Waals surface area contributed by atoms with Crippen LogP contribution in [0.1, 0.15) is 60.1 Å². The van der Waals surface area contributed by atoms with E-state index >= 15 is 0 Å². The van der Waals surface area contributed by atoms with E-state index in [1.807, 2.05) is 41.5 Å². The van der Waals surface area contributed by atoms with E-state index in [1.54, 1.807) is 0 Å². The predicted octanol–water partition coefficient (Wildman–Crippen LogP) is 0.567. The molecule has 0 radical (unpaired) electrons. The van der Waals surface area contributed by atoms with Gasteiger partial charge in [-0.15, -0.1) is 0 Å². The molecule has 1 aromatic heterocycles. The van der Waals surface area contributed by atoms with Crippen LogP contribution in [0.5, 0.6) is 0 Å². The van der Waals surface area contributed by atoms with E-state index in [4.69, 9.17) is 5.73 Å². The summed E-state index contributed by atoms with van der Waals surface area (Å²) < 4.78 is 0. The summed E-state index contributed by atoms with van der Waals surface area (Å²) in [6.45, 7) is 11.0. The second-order valence-corrected chi connectivity index (χ2v) is 9.51. The van der Waals surface area contributed by atoms with Gasteiger partial charge in [0.15, 0.2) is 0 Å². The van der Waals surface area contributed by atoms with Gasteiger partial charge in [-0.05, 0) is 24.2 Å². The van der Waals surface area contributed by atoms with Gasteiger partial charge in [0, 0.05) is 18.3 Å². The van der Waals surface area contributed by atoms with Crippen molar-refractivity contribution in [2.75, 3.05) is 0 Å². The third kappa shape index (κ3) is 9.12. The molecule has 0 saturated carbocycles. The first-order valence-corrected chi connectivity index (χ1v) is 11.7. The number of imidazole rings is 1. The van der Waals surface area contributed by atoms with Crippen LogP contribution in [0.4, 0.5) is 0 Å². The summed E-state index contributed by atoms with van der Waals surface area (Å²) in [6, 6.07) is -3.87. The number of H-pyrrole nitrogens is 1. The Bertz CT molecular complexity index is 811. The maximum Gasteiger partial charge on any atom is 0.326 e. The fourth-order valence-corrected chi connectivity index (χ4v) is 3.31. The summed E-state index contributed by atoms with van der Waals surface area (Å²) in [6.07, 6.45) is 3.87. The average molecular weight is 481 g/mol. The van der Waals surface area contributed by atoms with Crippen LogP contribution in [0.15, 0.2) is 12.5 Å². The van der Waals surface area contributed by atoms with Crippen molar-refractivity contribution in [1.29, 1.82) is 0 Å². The molecule has 0 spiro atoms. The summed E-state index contributed by atoms with van der Waals surface area (Å²) >= 11 is 0. The maximum absolute atomic E-state index is 13.2. The van der Waals surface area contributed by atoms with E-state index in [1.165, 1.54) is 12.5 Å². The van der Waals surface area contributed by atoms with E-state index in [2.05, 4.69) is 25.9 Å². The minimum atomic E-state index is -1.15. The van der Waals surface area contributed by atoms with Crippen LogP contribution in [-0.4, -0.2) is 62.9 Å². The van der Waals surface area contributed by atoms with E-state index in [-0.39, 0.29) is 30.6 Å². The minimum absolute atomic E-state index is 0.0391. The summed E-state index contributed by atoms with van der Waals surface area (Å²) in [5.74, 6) is -3.09. The fraction of sp³-hybridized carbons (Fsp3) is 0.696. The van der Waals surface area contributed by atoms with Crippen molar-refractivity contribution < 1.29 is 24.3 Å². The molecule has 0 saturated heterocycles. The molecule has 5 unspecified atom stereocenters. The van der Waals surface area contributed by atoms with Gasteiger partial charge in [0.2, 0.25) is 17.7 Å². The number of amides is 3. The number of aromatic nitrogens is 2. The van der Waals surface area contributed by atoms with Gasteiger partial charge in [0.25, 0.3) is 0 Å². The topological polar surface area (TPSA) is 179 Å². The highest BCUT2D eigenvalue weighted by molar-refractivity contribution is 5.94. The normalized spacial score (nSPS) is 15.8. The van der Waals surface area contributed by atoms with Gasteiger partial charge in [-0.25, -0.2) is 9.78 Å². The maximum atomic E-state index is 13.2. The number of carbonyl (C=O) groups excluding carboxylic acids is 3. The summed E-state index contributed by atoms with van der Waals surface area (Å²) in [5, 5.41) is 17.4. The van der Waals surface area contributed by atoms with E-state index < -0.39 is 47.9 Å². The minimum Gasteiger partial charge on any atom is -0.480 e. The van der Waals surface area contributed by atoms with Gasteiger partial charge < -0.3 is 31.8 Å². The Morgan fingerprint density at radius 3 is 2.09 bits per heavy atom. The van der Waals surface area contributed by atoms with Gasteiger partial charge in [0.1, 0.15) is 18.1 Å². The quantitative estimate of drug-likeness (QED) is 0.225. The number of nitrogens with two attached hydrogens (primary N) is 1. The Kier molecular flexibility index (Phi) is 11.7. The number of aromatic amines is 1. The van der Waals surface area contributed by atoms with Crippen LogP contribution in [0.2, 0.25) is 0 Å². The number of aliphatic carboxylic acids is 1. The first-order chi connectivity index (χ1) is 15.9. The number of nitrogens with zero attached hydrogens (tertiary/aromatic N) is 1. The van der Waals surface area contributed by atoms with E-state index in [0.717, 1.165) is 0 Å². The summed E-state index contributed by atoms with van der Waals surface area (Å²) in [4.78, 5) is 57.3. The second-order valence-electron chi connectivity index (χ2n) is 9.51. The van der Waals surface area contributed by atoms with Crippen molar-refractivity contribution in [3.05, 3.63) is 18.2 Å². The van der Waals surface area contributed by atoms with Crippen molar-refractivity contribution in [1.82, 2.24) is 25.9 Å². The first-order valence-electron chi connectivity index (χ1n) is 11.7. The third-order valence-electron chi connectivity index (χ3n) is 5.75.